The fourth-order valence-electron chi connectivity index (χ4n) is 4.61. The maximum absolute atomic E-state index is 12.9. The number of aromatic nitrogens is 3. The molecule has 2 aromatic heterocycles. The Hall–Kier alpha value is -4.42. The fourth-order valence-corrected chi connectivity index (χ4v) is 4.75. The Morgan fingerprint density at radius 1 is 1.08 bits per heavy atom. The van der Waals surface area contributed by atoms with Crippen LogP contribution in [0.2, 0.25) is 5.02 Å². The van der Waals surface area contributed by atoms with Crippen LogP contribution in [0.15, 0.2) is 54.8 Å². The topological polar surface area (TPSA) is 148 Å². The molecule has 38 heavy (non-hydrogen) atoms. The van der Waals surface area contributed by atoms with Crippen molar-refractivity contribution in [2.24, 2.45) is 5.92 Å². The summed E-state index contributed by atoms with van der Waals surface area (Å²) in [4.78, 5) is 40.1. The van der Waals surface area contributed by atoms with E-state index in [1.807, 2.05) is 30.5 Å². The zero-order valence-electron chi connectivity index (χ0n) is 20.2. The summed E-state index contributed by atoms with van der Waals surface area (Å²) in [5, 5.41) is 9.89. The van der Waals surface area contributed by atoms with Crippen LogP contribution in [-0.4, -0.2) is 44.8 Å². The van der Waals surface area contributed by atoms with Crippen LogP contribution in [0, 0.1) is 5.92 Å². The van der Waals surface area contributed by atoms with Gasteiger partial charge in [-0.2, -0.15) is 10.5 Å². The van der Waals surface area contributed by atoms with Crippen LogP contribution < -0.4 is 32.3 Å². The number of amides is 2. The minimum absolute atomic E-state index is 0.0835. The molecule has 0 aliphatic carbocycles. The zero-order chi connectivity index (χ0) is 26.1. The molecule has 2 amide bonds. The van der Waals surface area contributed by atoms with Crippen molar-refractivity contribution >= 4 is 52.2 Å². The molecule has 3 aromatic rings. The number of hydrogen-bond donors (Lipinski definition) is 6. The number of hydrazine groups is 2. The summed E-state index contributed by atoms with van der Waals surface area (Å²) in [5.41, 5.74) is 12.9. The molecule has 194 valence electrons. The smallest absolute Gasteiger partial charge is 0.272 e. The van der Waals surface area contributed by atoms with Gasteiger partial charge < -0.3 is 26.3 Å². The lowest BCUT2D eigenvalue weighted by Crippen LogP contribution is -2.52. The molecule has 6 bridgehead atoms. The molecule has 13 heteroatoms. The zero-order valence-corrected chi connectivity index (χ0v) is 21.0. The van der Waals surface area contributed by atoms with Crippen LogP contribution in [0.25, 0.3) is 0 Å². The Kier molecular flexibility index (Phi) is 6.40. The average molecular weight is 533 g/mol. The molecule has 0 unspecified atom stereocenters. The number of halogens is 1. The molecule has 1 aromatic carbocycles. The molecule has 0 spiro atoms. The van der Waals surface area contributed by atoms with Gasteiger partial charge in [0.2, 0.25) is 11.9 Å². The summed E-state index contributed by atoms with van der Waals surface area (Å²) in [5.74, 6) is 0.802. The summed E-state index contributed by atoms with van der Waals surface area (Å²) < 4.78 is 0. The lowest BCUT2D eigenvalue weighted by atomic mass is 9.95. The van der Waals surface area contributed by atoms with Crippen molar-refractivity contribution in [1.82, 2.24) is 36.2 Å². The Morgan fingerprint density at radius 3 is 2.82 bits per heavy atom. The largest absolute Gasteiger partial charge is 0.339 e. The number of aryl methyl sites for hydroxylation is 2. The lowest BCUT2D eigenvalue weighted by Gasteiger charge is -2.39. The first-order valence-corrected chi connectivity index (χ1v) is 12.6. The molecular weight excluding hydrogens is 508 g/mol. The van der Waals surface area contributed by atoms with Gasteiger partial charge in [0.05, 0.1) is 18.1 Å². The number of rotatable bonds is 4. The van der Waals surface area contributed by atoms with Crippen LogP contribution in [0.3, 0.4) is 0 Å². The molecule has 3 aliphatic rings. The number of anilines is 5. The van der Waals surface area contributed by atoms with E-state index in [1.165, 1.54) is 6.20 Å². The summed E-state index contributed by atoms with van der Waals surface area (Å²) >= 11 is 6.35. The standard InChI is InChI=1S/C25H25ClN10O2/c26-19-10-28-25-31-18-5-14(8-27-9-18)1-2-16-7-17(30-23(19)33-25)3-4-20(16)32-22(37)6-15-12-36(13-15)24(38)21-11-29-35-34-21/h3-5,7-11,15,29,34-35H,1-2,6,12-13H2,(H,32,37)(H2,28,30,31,33). The highest BCUT2D eigenvalue weighted by Gasteiger charge is 2.34. The van der Waals surface area contributed by atoms with Gasteiger partial charge in [-0.05, 0) is 48.2 Å². The number of carbonyl (C=O) groups excluding carboxylic acids is 2. The molecule has 0 radical (unpaired) electrons. The number of hydrogen-bond acceptors (Lipinski definition) is 10. The van der Waals surface area contributed by atoms with Gasteiger partial charge in [-0.1, -0.05) is 11.6 Å². The van der Waals surface area contributed by atoms with Crippen molar-refractivity contribution in [1.29, 1.82) is 0 Å². The third-order valence-electron chi connectivity index (χ3n) is 6.55. The Morgan fingerprint density at radius 2 is 1.97 bits per heavy atom. The van der Waals surface area contributed by atoms with E-state index in [1.54, 1.807) is 17.3 Å². The summed E-state index contributed by atoms with van der Waals surface area (Å²) in [6.45, 7) is 1.08. The van der Waals surface area contributed by atoms with Gasteiger partial charge in [0.25, 0.3) is 5.91 Å². The Labute approximate surface area is 223 Å². The second kappa shape index (κ2) is 10.1. The molecule has 0 atom stereocenters. The summed E-state index contributed by atoms with van der Waals surface area (Å²) in [7, 11) is 0. The minimum atomic E-state index is -0.0989. The van der Waals surface area contributed by atoms with E-state index in [2.05, 4.69) is 47.3 Å². The molecule has 5 heterocycles. The van der Waals surface area contributed by atoms with E-state index < -0.39 is 0 Å². The van der Waals surface area contributed by atoms with Crippen molar-refractivity contribution < 1.29 is 9.59 Å². The van der Waals surface area contributed by atoms with E-state index in [0.717, 1.165) is 34.6 Å². The first kappa shape index (κ1) is 23.9. The van der Waals surface area contributed by atoms with E-state index in [9.17, 15) is 9.59 Å². The number of nitrogens with one attached hydrogen (secondary N) is 6. The van der Waals surface area contributed by atoms with Gasteiger partial charge in [0.15, 0.2) is 5.82 Å². The number of carbonyl (C=O) groups is 2. The van der Waals surface area contributed by atoms with Crippen LogP contribution in [0.1, 0.15) is 17.5 Å². The van der Waals surface area contributed by atoms with Crippen LogP contribution >= 0.6 is 11.6 Å². The molecule has 6 rings (SSSR count). The van der Waals surface area contributed by atoms with Gasteiger partial charge in [0.1, 0.15) is 10.7 Å². The normalized spacial score (nSPS) is 16.1. The van der Waals surface area contributed by atoms with E-state index >= 15 is 0 Å². The van der Waals surface area contributed by atoms with E-state index in [-0.39, 0.29) is 17.7 Å². The van der Waals surface area contributed by atoms with Crippen LogP contribution in [0.4, 0.5) is 28.8 Å². The monoisotopic (exact) mass is 532 g/mol. The number of benzene rings is 1. The highest BCUT2D eigenvalue weighted by atomic mass is 35.5. The van der Waals surface area contributed by atoms with Gasteiger partial charge in [-0.3, -0.25) is 20.0 Å². The first-order valence-electron chi connectivity index (χ1n) is 12.2. The van der Waals surface area contributed by atoms with Crippen molar-refractivity contribution in [3.63, 3.8) is 0 Å². The number of likely N-dealkylation sites (tertiary alicyclic amines) is 1. The second-order valence-corrected chi connectivity index (χ2v) is 9.78. The molecule has 0 saturated carbocycles. The van der Waals surface area contributed by atoms with Gasteiger partial charge in [0, 0.05) is 49.2 Å². The average Bonchev–Trinajstić information content (AvgIpc) is 3.43. The molecule has 1 saturated heterocycles. The molecular formula is C25H25ClN10O2. The van der Waals surface area contributed by atoms with Crippen molar-refractivity contribution in [2.45, 2.75) is 19.3 Å². The van der Waals surface area contributed by atoms with E-state index in [4.69, 9.17) is 11.6 Å². The number of fused-ring (bicyclic) bond motifs is 6. The maximum Gasteiger partial charge on any atom is 0.272 e. The van der Waals surface area contributed by atoms with Crippen LogP contribution in [-0.2, 0) is 22.4 Å². The van der Waals surface area contributed by atoms with E-state index in [0.29, 0.717) is 48.4 Å². The fraction of sp³-hybridized carbons (Fsp3) is 0.240. The maximum atomic E-state index is 12.9. The quantitative estimate of drug-likeness (QED) is 0.296. The molecule has 6 N–H and O–H groups in total. The lowest BCUT2D eigenvalue weighted by molar-refractivity contribution is -0.135. The molecule has 3 aliphatic heterocycles. The van der Waals surface area contributed by atoms with Crippen molar-refractivity contribution in [3.05, 3.63) is 70.9 Å². The summed E-state index contributed by atoms with van der Waals surface area (Å²) in [6, 6.07) is 7.75. The number of pyridine rings is 1. The van der Waals surface area contributed by atoms with Crippen LogP contribution in [0.5, 0.6) is 0 Å². The number of nitrogens with zero attached hydrogens (tertiary/aromatic N) is 4. The Bertz CT molecular complexity index is 1440. The third-order valence-corrected chi connectivity index (χ3v) is 6.83. The Balaban J connectivity index is 1.17. The highest BCUT2D eigenvalue weighted by Crippen LogP contribution is 2.30. The highest BCUT2D eigenvalue weighted by molar-refractivity contribution is 6.32. The molecule has 1 fully saturated rings. The van der Waals surface area contributed by atoms with Gasteiger partial charge >= 0.3 is 0 Å². The predicted octanol–water partition coefficient (Wildman–Crippen LogP) is 2.35. The van der Waals surface area contributed by atoms with Crippen molar-refractivity contribution in [2.75, 3.05) is 29.0 Å². The van der Waals surface area contributed by atoms with Gasteiger partial charge in [-0.25, -0.2) is 4.98 Å². The second-order valence-electron chi connectivity index (χ2n) is 9.37. The SMILES string of the molecule is O=C(CC1CN(C(=O)C2=CNNN2)C1)Nc1ccc2cc1CCc1cncc(c1)Nc1ncc(Cl)c(n1)N2. The third kappa shape index (κ3) is 5.17. The van der Waals surface area contributed by atoms with Crippen molar-refractivity contribution in [3.8, 4) is 0 Å². The first-order chi connectivity index (χ1) is 18.5. The minimum Gasteiger partial charge on any atom is -0.339 e. The molecule has 12 nitrogen and oxygen atoms in total. The van der Waals surface area contributed by atoms with Gasteiger partial charge in [-0.15, -0.1) is 0 Å². The predicted molar refractivity (Wildman–Crippen MR) is 143 cm³/mol. The summed E-state index contributed by atoms with van der Waals surface area (Å²) in [6.07, 6.45) is 8.40.